The Morgan fingerprint density at radius 1 is 0.944 bits per heavy atom. The summed E-state index contributed by atoms with van der Waals surface area (Å²) in [6.07, 6.45) is 0. The van der Waals surface area contributed by atoms with E-state index in [4.69, 9.17) is 0 Å². The van der Waals surface area contributed by atoms with Gasteiger partial charge in [-0.05, 0) is 31.9 Å². The van der Waals surface area contributed by atoms with Gasteiger partial charge in [0.2, 0.25) is 0 Å². The zero-order valence-corrected chi connectivity index (χ0v) is 11.4. The number of hydrogen-bond acceptors (Lipinski definition) is 1. The van der Waals surface area contributed by atoms with Crippen LogP contribution in [0.5, 0.6) is 0 Å². The van der Waals surface area contributed by atoms with Gasteiger partial charge in [-0.25, -0.2) is 0 Å². The Morgan fingerprint density at radius 2 is 1.67 bits per heavy atom. The van der Waals surface area contributed by atoms with E-state index in [1.54, 1.807) is 0 Å². The molecule has 0 amide bonds. The van der Waals surface area contributed by atoms with Crippen molar-refractivity contribution < 1.29 is 0 Å². The van der Waals surface area contributed by atoms with Gasteiger partial charge in [-0.2, -0.15) is 0 Å². The lowest BCUT2D eigenvalue weighted by Crippen LogP contribution is -2.18. The van der Waals surface area contributed by atoms with Crippen LogP contribution >= 0.6 is 0 Å². The van der Waals surface area contributed by atoms with Crippen LogP contribution in [0.1, 0.15) is 35.2 Å². The van der Waals surface area contributed by atoms with Gasteiger partial charge in [0.05, 0.1) is 0 Å². The highest BCUT2D eigenvalue weighted by Crippen LogP contribution is 2.14. The molecule has 18 heavy (non-hydrogen) atoms. The molecule has 94 valence electrons. The van der Waals surface area contributed by atoms with Gasteiger partial charge >= 0.3 is 0 Å². The molecule has 0 saturated heterocycles. The van der Waals surface area contributed by atoms with Crippen LogP contribution in [0.3, 0.4) is 0 Å². The zero-order chi connectivity index (χ0) is 13.0. The summed E-state index contributed by atoms with van der Waals surface area (Å²) >= 11 is 0. The first-order valence-corrected chi connectivity index (χ1v) is 6.50. The highest BCUT2D eigenvalue weighted by Gasteiger charge is 2.04. The summed E-state index contributed by atoms with van der Waals surface area (Å²) < 4.78 is 0. The second-order valence-electron chi connectivity index (χ2n) is 5.00. The summed E-state index contributed by atoms with van der Waals surface area (Å²) in [5.41, 5.74) is 5.31. The van der Waals surface area contributed by atoms with Crippen molar-refractivity contribution in [1.82, 2.24) is 5.32 Å². The molecule has 1 nitrogen and oxygen atoms in total. The van der Waals surface area contributed by atoms with Crippen molar-refractivity contribution in [2.75, 3.05) is 0 Å². The monoisotopic (exact) mass is 239 g/mol. The number of hydrogen-bond donors (Lipinski definition) is 1. The topological polar surface area (TPSA) is 12.0 Å². The standard InChI is InChI=1S/C17H21N/c1-13-7-9-17(10-8-13)15(3)18-12-16-6-4-5-14(2)11-16/h4-11,15,18H,12H2,1-3H3/t15-/m1/s1. The van der Waals surface area contributed by atoms with Crippen molar-refractivity contribution in [1.29, 1.82) is 0 Å². The van der Waals surface area contributed by atoms with Crippen molar-refractivity contribution in [2.45, 2.75) is 33.4 Å². The predicted octanol–water partition coefficient (Wildman–Crippen LogP) is 4.15. The molecular weight excluding hydrogens is 218 g/mol. The number of rotatable bonds is 4. The summed E-state index contributed by atoms with van der Waals surface area (Å²) in [5.74, 6) is 0. The minimum atomic E-state index is 0.381. The zero-order valence-electron chi connectivity index (χ0n) is 11.4. The normalized spacial score (nSPS) is 12.4. The van der Waals surface area contributed by atoms with E-state index in [0.29, 0.717) is 6.04 Å². The minimum absolute atomic E-state index is 0.381. The fourth-order valence-corrected chi connectivity index (χ4v) is 2.07. The molecule has 0 radical (unpaired) electrons. The molecule has 0 heterocycles. The summed E-state index contributed by atoms with van der Waals surface area (Å²) in [4.78, 5) is 0. The van der Waals surface area contributed by atoms with Gasteiger partial charge in [-0.1, -0.05) is 59.7 Å². The highest BCUT2D eigenvalue weighted by atomic mass is 14.9. The lowest BCUT2D eigenvalue weighted by molar-refractivity contribution is 0.574. The molecule has 0 spiro atoms. The van der Waals surface area contributed by atoms with Crippen molar-refractivity contribution >= 4 is 0 Å². The van der Waals surface area contributed by atoms with E-state index in [9.17, 15) is 0 Å². The molecule has 0 aliphatic heterocycles. The Bertz CT molecular complexity index is 499. The molecule has 0 aliphatic carbocycles. The van der Waals surface area contributed by atoms with Crippen LogP contribution < -0.4 is 5.32 Å². The molecule has 0 unspecified atom stereocenters. The van der Waals surface area contributed by atoms with Gasteiger partial charge in [-0.15, -0.1) is 0 Å². The Hall–Kier alpha value is -1.60. The summed E-state index contributed by atoms with van der Waals surface area (Å²) in [7, 11) is 0. The van der Waals surface area contributed by atoms with Gasteiger partial charge in [0, 0.05) is 12.6 Å². The molecule has 2 aromatic rings. The van der Waals surface area contributed by atoms with Crippen molar-refractivity contribution in [3.05, 3.63) is 70.8 Å². The average Bonchev–Trinajstić information content (AvgIpc) is 2.37. The van der Waals surface area contributed by atoms with Crippen LogP contribution in [0.2, 0.25) is 0 Å². The molecule has 1 atom stereocenters. The van der Waals surface area contributed by atoms with Crippen LogP contribution in [0, 0.1) is 13.8 Å². The minimum Gasteiger partial charge on any atom is -0.306 e. The quantitative estimate of drug-likeness (QED) is 0.845. The molecule has 0 aromatic heterocycles. The third kappa shape index (κ3) is 3.44. The highest BCUT2D eigenvalue weighted by molar-refractivity contribution is 5.25. The first-order valence-electron chi connectivity index (χ1n) is 6.50. The maximum atomic E-state index is 3.56. The Morgan fingerprint density at radius 3 is 2.33 bits per heavy atom. The molecule has 0 bridgehead atoms. The predicted molar refractivity (Wildman–Crippen MR) is 77.6 cm³/mol. The first-order chi connectivity index (χ1) is 8.65. The van der Waals surface area contributed by atoms with E-state index in [2.05, 4.69) is 74.6 Å². The molecule has 0 saturated carbocycles. The van der Waals surface area contributed by atoms with E-state index < -0.39 is 0 Å². The summed E-state index contributed by atoms with van der Waals surface area (Å²) in [6.45, 7) is 7.37. The van der Waals surface area contributed by atoms with Gasteiger partial charge < -0.3 is 5.32 Å². The Balaban J connectivity index is 1.96. The lowest BCUT2D eigenvalue weighted by Gasteiger charge is -2.14. The third-order valence-corrected chi connectivity index (χ3v) is 3.27. The smallest absolute Gasteiger partial charge is 0.0294 e. The molecule has 1 N–H and O–H groups in total. The third-order valence-electron chi connectivity index (χ3n) is 3.27. The summed E-state index contributed by atoms with van der Waals surface area (Å²) in [5, 5.41) is 3.56. The van der Waals surface area contributed by atoms with Crippen molar-refractivity contribution in [3.8, 4) is 0 Å². The summed E-state index contributed by atoms with van der Waals surface area (Å²) in [6, 6.07) is 17.8. The fourth-order valence-electron chi connectivity index (χ4n) is 2.07. The number of benzene rings is 2. The Kier molecular flexibility index (Phi) is 4.16. The second-order valence-corrected chi connectivity index (χ2v) is 5.00. The van der Waals surface area contributed by atoms with Crippen LogP contribution in [-0.2, 0) is 6.54 Å². The van der Waals surface area contributed by atoms with Gasteiger partial charge in [0.1, 0.15) is 0 Å². The van der Waals surface area contributed by atoms with Crippen molar-refractivity contribution in [3.63, 3.8) is 0 Å². The largest absolute Gasteiger partial charge is 0.306 e. The van der Waals surface area contributed by atoms with Crippen molar-refractivity contribution in [2.24, 2.45) is 0 Å². The maximum Gasteiger partial charge on any atom is 0.0294 e. The second kappa shape index (κ2) is 5.83. The van der Waals surface area contributed by atoms with E-state index in [-0.39, 0.29) is 0 Å². The van der Waals surface area contributed by atoms with Gasteiger partial charge in [0.15, 0.2) is 0 Å². The van der Waals surface area contributed by atoms with E-state index in [1.807, 2.05) is 0 Å². The van der Waals surface area contributed by atoms with Crippen LogP contribution in [-0.4, -0.2) is 0 Å². The molecule has 2 aromatic carbocycles. The SMILES string of the molecule is Cc1ccc([C@@H](C)NCc2cccc(C)c2)cc1. The maximum absolute atomic E-state index is 3.56. The van der Waals surface area contributed by atoms with Crippen LogP contribution in [0.4, 0.5) is 0 Å². The van der Waals surface area contributed by atoms with E-state index >= 15 is 0 Å². The molecular formula is C17H21N. The molecule has 1 heteroatoms. The van der Waals surface area contributed by atoms with Crippen LogP contribution in [0.15, 0.2) is 48.5 Å². The number of aryl methyl sites for hydroxylation is 2. The van der Waals surface area contributed by atoms with E-state index in [0.717, 1.165) is 6.54 Å². The fraction of sp³-hybridized carbons (Fsp3) is 0.294. The van der Waals surface area contributed by atoms with E-state index in [1.165, 1.54) is 22.3 Å². The molecule has 0 aliphatic rings. The molecule has 0 fully saturated rings. The lowest BCUT2D eigenvalue weighted by atomic mass is 10.1. The molecule has 2 rings (SSSR count). The first kappa shape index (κ1) is 12.8. The van der Waals surface area contributed by atoms with Gasteiger partial charge in [0.25, 0.3) is 0 Å². The van der Waals surface area contributed by atoms with Gasteiger partial charge in [-0.3, -0.25) is 0 Å². The average molecular weight is 239 g/mol. The number of nitrogens with one attached hydrogen (secondary N) is 1. The Labute approximate surface area is 110 Å². The van der Waals surface area contributed by atoms with Crippen LogP contribution in [0.25, 0.3) is 0 Å².